The fraction of sp³-hybridized carbons (Fsp3) is 0.280. The van der Waals surface area contributed by atoms with Crippen LogP contribution >= 0.6 is 0 Å². The summed E-state index contributed by atoms with van der Waals surface area (Å²) in [6, 6.07) is 19.5. The summed E-state index contributed by atoms with van der Waals surface area (Å²) >= 11 is 0. The van der Waals surface area contributed by atoms with Crippen molar-refractivity contribution in [1.29, 1.82) is 0 Å². The van der Waals surface area contributed by atoms with Gasteiger partial charge in [0.2, 0.25) is 0 Å². The van der Waals surface area contributed by atoms with Crippen LogP contribution in [0.1, 0.15) is 22.8 Å². The van der Waals surface area contributed by atoms with E-state index in [1.807, 2.05) is 60.7 Å². The molecule has 4 aromatic rings. The van der Waals surface area contributed by atoms with Gasteiger partial charge in [0.05, 0.1) is 25.3 Å². The van der Waals surface area contributed by atoms with Crippen LogP contribution in [0.2, 0.25) is 0 Å². The number of anilines is 1. The number of nitrogens with zero attached hydrogens (tertiary/aromatic N) is 2. The predicted octanol–water partition coefficient (Wildman–Crippen LogP) is 4.12. The highest BCUT2D eigenvalue weighted by molar-refractivity contribution is 5.87. The number of aromatic nitrogens is 3. The van der Waals surface area contributed by atoms with Crippen LogP contribution in [0, 0.1) is 0 Å². The highest BCUT2D eigenvalue weighted by Crippen LogP contribution is 2.40. The molecular formula is C25H25FN4O3. The minimum Gasteiger partial charge on any atom is -0.382 e. The fourth-order valence-electron chi connectivity index (χ4n) is 4.13. The van der Waals surface area contributed by atoms with E-state index < -0.39 is 24.5 Å². The number of nitrogen functional groups attached to an aromatic ring is 1. The van der Waals surface area contributed by atoms with Crippen molar-refractivity contribution in [3.05, 3.63) is 89.9 Å². The van der Waals surface area contributed by atoms with E-state index in [0.717, 1.165) is 11.1 Å². The van der Waals surface area contributed by atoms with E-state index in [1.54, 1.807) is 6.20 Å². The highest BCUT2D eigenvalue weighted by atomic mass is 19.1. The molecule has 0 amide bonds. The van der Waals surface area contributed by atoms with Gasteiger partial charge in [0.25, 0.3) is 0 Å². The average molecular weight is 448 g/mol. The smallest absolute Gasteiger partial charge is 0.159 e. The number of ether oxygens (including phenoxy) is 3. The van der Waals surface area contributed by atoms with Crippen molar-refractivity contribution in [2.45, 2.75) is 37.7 Å². The van der Waals surface area contributed by atoms with Gasteiger partial charge in [-0.25, -0.2) is 14.4 Å². The second-order valence-electron chi connectivity index (χ2n) is 8.03. The zero-order chi connectivity index (χ0) is 22.6. The molecule has 1 saturated heterocycles. The monoisotopic (exact) mass is 448 g/mol. The number of nitrogens with two attached hydrogens (primary N) is 1. The predicted molar refractivity (Wildman–Crippen MR) is 122 cm³/mol. The summed E-state index contributed by atoms with van der Waals surface area (Å²) in [4.78, 5) is 11.3. The van der Waals surface area contributed by atoms with Gasteiger partial charge in [0.1, 0.15) is 30.2 Å². The van der Waals surface area contributed by atoms with Gasteiger partial charge in [-0.1, -0.05) is 60.7 Å². The molecule has 0 bridgehead atoms. The molecule has 2 aromatic carbocycles. The van der Waals surface area contributed by atoms with Gasteiger partial charge < -0.3 is 24.9 Å². The number of hydrogen-bond acceptors (Lipinski definition) is 6. The molecule has 8 heteroatoms. The molecule has 2 aromatic heterocycles. The molecule has 1 fully saturated rings. The number of alkyl halides is 1. The quantitative estimate of drug-likeness (QED) is 0.421. The second-order valence-corrected chi connectivity index (χ2v) is 8.03. The van der Waals surface area contributed by atoms with Crippen LogP contribution in [0.3, 0.4) is 0 Å². The Morgan fingerprint density at radius 1 is 0.970 bits per heavy atom. The molecule has 170 valence electrons. The number of halogens is 1. The number of aromatic amines is 1. The average Bonchev–Trinajstić information content (AvgIpc) is 3.41. The fourth-order valence-corrected chi connectivity index (χ4v) is 4.13. The van der Waals surface area contributed by atoms with Crippen molar-refractivity contribution in [2.75, 3.05) is 12.3 Å². The van der Waals surface area contributed by atoms with Crippen LogP contribution in [0.4, 0.5) is 10.2 Å². The third-order valence-electron chi connectivity index (χ3n) is 5.80. The molecule has 7 nitrogen and oxygen atoms in total. The van der Waals surface area contributed by atoms with E-state index in [9.17, 15) is 0 Å². The zero-order valence-electron chi connectivity index (χ0n) is 17.9. The molecule has 5 rings (SSSR count). The van der Waals surface area contributed by atoms with Crippen molar-refractivity contribution in [2.24, 2.45) is 0 Å². The van der Waals surface area contributed by atoms with Crippen molar-refractivity contribution >= 4 is 16.9 Å². The Hall–Kier alpha value is -3.33. The van der Waals surface area contributed by atoms with Gasteiger partial charge in [-0.2, -0.15) is 0 Å². The molecule has 3 heterocycles. The van der Waals surface area contributed by atoms with E-state index in [4.69, 9.17) is 19.9 Å². The lowest BCUT2D eigenvalue weighted by Gasteiger charge is -2.20. The van der Waals surface area contributed by atoms with Gasteiger partial charge in [-0.05, 0) is 11.1 Å². The highest BCUT2D eigenvalue weighted by Gasteiger charge is 2.47. The molecule has 33 heavy (non-hydrogen) atoms. The standard InChI is InChI=1S/C25H25FN4O3/c26-20-23(18-11-28-22-21(18)29-15-30-25(22)27)33-19(14-31-12-16-7-3-1-4-8-16)24(20)32-13-17-9-5-2-6-10-17/h1-11,15,19-20,23-24,28H,12-14H2,(H2,27,29,30)/t19-,20+,23?,24-/m1/s1. The van der Waals surface area contributed by atoms with E-state index in [0.29, 0.717) is 29.0 Å². The maximum Gasteiger partial charge on any atom is 0.159 e. The third kappa shape index (κ3) is 4.59. The van der Waals surface area contributed by atoms with Gasteiger partial charge >= 0.3 is 0 Å². The molecule has 4 atom stereocenters. The maximum atomic E-state index is 15.8. The Labute approximate surface area is 190 Å². The summed E-state index contributed by atoms with van der Waals surface area (Å²) in [5.41, 5.74) is 9.62. The number of rotatable bonds is 8. The summed E-state index contributed by atoms with van der Waals surface area (Å²) in [6.07, 6.45) is -0.611. The molecule has 1 aliphatic heterocycles. The minimum absolute atomic E-state index is 0.199. The first-order valence-corrected chi connectivity index (χ1v) is 10.8. The van der Waals surface area contributed by atoms with Crippen molar-refractivity contribution in [1.82, 2.24) is 15.0 Å². The first-order valence-electron chi connectivity index (χ1n) is 10.8. The Balaban J connectivity index is 1.35. The second kappa shape index (κ2) is 9.66. The van der Waals surface area contributed by atoms with Crippen LogP contribution < -0.4 is 5.73 Å². The van der Waals surface area contributed by atoms with Crippen LogP contribution in [-0.2, 0) is 27.4 Å². The first-order chi connectivity index (χ1) is 16.2. The van der Waals surface area contributed by atoms with Crippen molar-refractivity contribution < 1.29 is 18.6 Å². The van der Waals surface area contributed by atoms with Crippen LogP contribution in [0.15, 0.2) is 73.2 Å². The zero-order valence-corrected chi connectivity index (χ0v) is 17.9. The molecular weight excluding hydrogens is 423 g/mol. The molecule has 0 spiro atoms. The molecule has 0 saturated carbocycles. The largest absolute Gasteiger partial charge is 0.382 e. The summed E-state index contributed by atoms with van der Waals surface area (Å²) in [5, 5.41) is 0. The van der Waals surface area contributed by atoms with E-state index in [-0.39, 0.29) is 13.2 Å². The van der Waals surface area contributed by atoms with Crippen LogP contribution in [-0.4, -0.2) is 39.9 Å². The van der Waals surface area contributed by atoms with Gasteiger partial charge in [0.15, 0.2) is 12.0 Å². The van der Waals surface area contributed by atoms with E-state index >= 15 is 4.39 Å². The minimum atomic E-state index is -1.41. The Morgan fingerprint density at radius 2 is 1.67 bits per heavy atom. The third-order valence-corrected chi connectivity index (χ3v) is 5.80. The molecule has 0 radical (unpaired) electrons. The number of fused-ring (bicyclic) bond motifs is 1. The Kier molecular flexibility index (Phi) is 6.30. The Morgan fingerprint density at radius 3 is 2.39 bits per heavy atom. The van der Waals surface area contributed by atoms with Gasteiger partial charge in [-0.15, -0.1) is 0 Å². The number of hydrogen-bond donors (Lipinski definition) is 2. The number of H-pyrrole nitrogens is 1. The lowest BCUT2D eigenvalue weighted by atomic mass is 10.0. The summed E-state index contributed by atoms with van der Waals surface area (Å²) in [6.45, 7) is 0.884. The van der Waals surface area contributed by atoms with Gasteiger partial charge in [-0.3, -0.25) is 0 Å². The molecule has 0 aliphatic carbocycles. The first kappa shape index (κ1) is 21.5. The number of nitrogens with one attached hydrogen (secondary N) is 1. The lowest BCUT2D eigenvalue weighted by Crippen LogP contribution is -2.34. The lowest BCUT2D eigenvalue weighted by molar-refractivity contribution is -0.0736. The maximum absolute atomic E-state index is 15.8. The topological polar surface area (TPSA) is 95.3 Å². The Bertz CT molecular complexity index is 1190. The number of benzene rings is 2. The van der Waals surface area contributed by atoms with Crippen LogP contribution in [0.5, 0.6) is 0 Å². The summed E-state index contributed by atoms with van der Waals surface area (Å²) in [5.74, 6) is 0.305. The molecule has 1 aliphatic rings. The van der Waals surface area contributed by atoms with Crippen molar-refractivity contribution in [3.63, 3.8) is 0 Å². The van der Waals surface area contributed by atoms with Crippen LogP contribution in [0.25, 0.3) is 11.0 Å². The van der Waals surface area contributed by atoms with Gasteiger partial charge in [0, 0.05) is 11.8 Å². The molecule has 1 unspecified atom stereocenters. The molecule has 3 N–H and O–H groups in total. The normalized spacial score (nSPS) is 22.7. The van der Waals surface area contributed by atoms with E-state index in [2.05, 4.69) is 15.0 Å². The van der Waals surface area contributed by atoms with E-state index in [1.165, 1.54) is 6.33 Å². The SMILES string of the molecule is Nc1ncnc2c(C3O[C@H](COCc4ccccc4)[C@@H](OCc4ccccc4)[C@H]3F)c[nH]c12. The van der Waals surface area contributed by atoms with Crippen molar-refractivity contribution in [3.8, 4) is 0 Å². The summed E-state index contributed by atoms with van der Waals surface area (Å²) in [7, 11) is 0. The summed E-state index contributed by atoms with van der Waals surface area (Å²) < 4.78 is 33.8.